The first kappa shape index (κ1) is 22.4. The van der Waals surface area contributed by atoms with Gasteiger partial charge in [0.1, 0.15) is 18.5 Å². The van der Waals surface area contributed by atoms with Crippen LogP contribution in [0, 0.1) is 6.92 Å². The molecule has 0 bridgehead atoms. The van der Waals surface area contributed by atoms with Crippen LogP contribution in [0.1, 0.15) is 58.6 Å². The molecule has 1 fully saturated rings. The predicted octanol–water partition coefficient (Wildman–Crippen LogP) is 3.48. The number of β-amino-alcohol motifs (C(OH)–C–C–N with tert-alkyl or cyclic N) is 1. The first-order chi connectivity index (χ1) is 14.2. The van der Waals surface area contributed by atoms with Crippen LogP contribution in [0.3, 0.4) is 0 Å². The summed E-state index contributed by atoms with van der Waals surface area (Å²) in [6, 6.07) is 3.16. The van der Waals surface area contributed by atoms with Gasteiger partial charge in [0.15, 0.2) is 5.58 Å². The molecule has 1 unspecified atom stereocenters. The van der Waals surface area contributed by atoms with Gasteiger partial charge in [0.25, 0.3) is 0 Å². The molecule has 1 aromatic heterocycles. The Labute approximate surface area is 177 Å². The van der Waals surface area contributed by atoms with E-state index in [4.69, 9.17) is 15.0 Å². The zero-order chi connectivity index (χ0) is 21.9. The van der Waals surface area contributed by atoms with Crippen molar-refractivity contribution in [2.45, 2.75) is 77.5 Å². The quantitative estimate of drug-likeness (QED) is 0.634. The van der Waals surface area contributed by atoms with Crippen molar-refractivity contribution in [2.24, 2.45) is 5.73 Å². The third kappa shape index (κ3) is 5.23. The number of carbonyl (C=O) groups excluding carboxylic acids is 1. The minimum atomic E-state index is -0.663. The van der Waals surface area contributed by atoms with Gasteiger partial charge < -0.3 is 25.4 Å². The number of aromatic nitrogens is 1. The van der Waals surface area contributed by atoms with Gasteiger partial charge in [-0.3, -0.25) is 4.90 Å². The molecule has 8 nitrogen and oxygen atoms in total. The standard InChI is InChI=1S/C22H34N4O4/c1-14-19-18(29-13-16(27)12-24-22(2,3)4)11-10-17(20(19)30-25-14)26(21(23)28)15-8-6-5-7-9-15/h10-11,15-16,24,27H,5-9,12-13H2,1-4H3,(H2,23,28). The zero-order valence-corrected chi connectivity index (χ0v) is 18.4. The Morgan fingerprint density at radius 2 is 2.07 bits per heavy atom. The summed E-state index contributed by atoms with van der Waals surface area (Å²) >= 11 is 0. The van der Waals surface area contributed by atoms with Crippen molar-refractivity contribution in [3.8, 4) is 5.75 Å². The fourth-order valence-electron chi connectivity index (χ4n) is 3.96. The Kier molecular flexibility index (Phi) is 6.88. The molecule has 2 aromatic rings. The van der Waals surface area contributed by atoms with Crippen molar-refractivity contribution >= 4 is 22.7 Å². The van der Waals surface area contributed by atoms with Crippen LogP contribution in [0.2, 0.25) is 0 Å². The Bertz CT molecular complexity index is 868. The van der Waals surface area contributed by atoms with Crippen molar-refractivity contribution in [1.29, 1.82) is 0 Å². The lowest BCUT2D eigenvalue weighted by molar-refractivity contribution is 0.101. The molecule has 1 aromatic carbocycles. The number of ether oxygens (including phenoxy) is 1. The van der Waals surface area contributed by atoms with Gasteiger partial charge in [-0.05, 0) is 52.7 Å². The van der Waals surface area contributed by atoms with Crippen LogP contribution in [-0.2, 0) is 0 Å². The van der Waals surface area contributed by atoms with E-state index in [0.29, 0.717) is 34.6 Å². The number of primary amides is 1. The number of nitrogens with two attached hydrogens (primary N) is 1. The van der Waals surface area contributed by atoms with Gasteiger partial charge in [0.05, 0.1) is 16.8 Å². The summed E-state index contributed by atoms with van der Waals surface area (Å²) in [4.78, 5) is 14.0. The fourth-order valence-corrected chi connectivity index (χ4v) is 3.96. The molecule has 0 spiro atoms. The third-order valence-corrected chi connectivity index (χ3v) is 5.47. The number of nitrogens with one attached hydrogen (secondary N) is 1. The number of anilines is 1. The molecule has 3 rings (SSSR count). The topological polar surface area (TPSA) is 114 Å². The summed E-state index contributed by atoms with van der Waals surface area (Å²) in [5.41, 5.74) is 7.44. The molecule has 1 aliphatic carbocycles. The molecule has 8 heteroatoms. The summed E-state index contributed by atoms with van der Waals surface area (Å²) < 4.78 is 11.5. The summed E-state index contributed by atoms with van der Waals surface area (Å²) in [7, 11) is 0. The van der Waals surface area contributed by atoms with Crippen LogP contribution < -0.4 is 20.7 Å². The van der Waals surface area contributed by atoms with Crippen LogP contribution in [0.25, 0.3) is 11.0 Å². The number of aliphatic hydroxyl groups is 1. The van der Waals surface area contributed by atoms with Gasteiger partial charge in [-0.2, -0.15) is 0 Å². The van der Waals surface area contributed by atoms with E-state index in [2.05, 4.69) is 10.5 Å². The van der Waals surface area contributed by atoms with Crippen molar-refractivity contribution in [1.82, 2.24) is 10.5 Å². The first-order valence-corrected chi connectivity index (χ1v) is 10.7. The van der Waals surface area contributed by atoms with Gasteiger partial charge in [-0.1, -0.05) is 24.4 Å². The third-order valence-electron chi connectivity index (χ3n) is 5.47. The van der Waals surface area contributed by atoms with Crippen LogP contribution in [0.4, 0.5) is 10.5 Å². The zero-order valence-electron chi connectivity index (χ0n) is 18.4. The molecular weight excluding hydrogens is 384 g/mol. The highest BCUT2D eigenvalue weighted by atomic mass is 16.5. The number of hydrogen-bond donors (Lipinski definition) is 3. The van der Waals surface area contributed by atoms with Gasteiger partial charge in [-0.15, -0.1) is 0 Å². The van der Waals surface area contributed by atoms with E-state index in [1.807, 2.05) is 27.7 Å². The van der Waals surface area contributed by atoms with E-state index in [1.54, 1.807) is 17.0 Å². The number of nitrogens with zero attached hydrogens (tertiary/aromatic N) is 2. The van der Waals surface area contributed by atoms with Gasteiger partial charge in [-0.25, -0.2) is 4.79 Å². The van der Waals surface area contributed by atoms with E-state index in [9.17, 15) is 9.90 Å². The number of benzene rings is 1. The van der Waals surface area contributed by atoms with E-state index in [0.717, 1.165) is 25.7 Å². The molecule has 2 amide bonds. The van der Waals surface area contributed by atoms with Crippen molar-refractivity contribution in [3.63, 3.8) is 0 Å². The van der Waals surface area contributed by atoms with Crippen molar-refractivity contribution in [3.05, 3.63) is 17.8 Å². The number of urea groups is 1. The highest BCUT2D eigenvalue weighted by molar-refractivity contribution is 6.03. The van der Waals surface area contributed by atoms with Crippen molar-refractivity contribution < 1.29 is 19.2 Å². The Hall–Kier alpha value is -2.32. The molecule has 0 saturated heterocycles. The molecule has 0 aliphatic heterocycles. The smallest absolute Gasteiger partial charge is 0.319 e. The minimum absolute atomic E-state index is 0.0573. The second-order valence-corrected chi connectivity index (χ2v) is 9.15. The van der Waals surface area contributed by atoms with Gasteiger partial charge in [0, 0.05) is 18.1 Å². The molecule has 1 saturated carbocycles. The second-order valence-electron chi connectivity index (χ2n) is 9.15. The number of aryl methyl sites for hydroxylation is 1. The summed E-state index contributed by atoms with van der Waals surface area (Å²) in [6.07, 6.45) is 4.51. The lowest BCUT2D eigenvalue weighted by Gasteiger charge is -2.33. The highest BCUT2D eigenvalue weighted by Gasteiger charge is 2.29. The molecular formula is C22H34N4O4. The van der Waals surface area contributed by atoms with Gasteiger partial charge in [0.2, 0.25) is 0 Å². The summed E-state index contributed by atoms with van der Waals surface area (Å²) in [5, 5.41) is 18.3. The van der Waals surface area contributed by atoms with Crippen LogP contribution in [-0.4, -0.2) is 47.1 Å². The van der Waals surface area contributed by atoms with Crippen LogP contribution in [0.5, 0.6) is 5.75 Å². The lowest BCUT2D eigenvalue weighted by Crippen LogP contribution is -2.44. The van der Waals surface area contributed by atoms with Crippen molar-refractivity contribution in [2.75, 3.05) is 18.1 Å². The monoisotopic (exact) mass is 418 g/mol. The normalized spacial score (nSPS) is 16.6. The van der Waals surface area contributed by atoms with E-state index >= 15 is 0 Å². The van der Waals surface area contributed by atoms with Crippen LogP contribution in [0.15, 0.2) is 16.7 Å². The lowest BCUT2D eigenvalue weighted by atomic mass is 9.94. The molecule has 1 aliphatic rings. The maximum atomic E-state index is 12.3. The second kappa shape index (κ2) is 9.22. The number of fused-ring (bicyclic) bond motifs is 1. The van der Waals surface area contributed by atoms with E-state index in [1.165, 1.54) is 6.42 Å². The molecule has 0 radical (unpaired) electrons. The average molecular weight is 419 g/mol. The number of amides is 2. The maximum absolute atomic E-state index is 12.3. The number of rotatable bonds is 7. The summed E-state index contributed by atoms with van der Waals surface area (Å²) in [6.45, 7) is 8.50. The highest BCUT2D eigenvalue weighted by Crippen LogP contribution is 2.38. The Balaban J connectivity index is 1.83. The number of aliphatic hydroxyl groups excluding tert-OH is 1. The van der Waals surface area contributed by atoms with E-state index in [-0.39, 0.29) is 18.2 Å². The predicted molar refractivity (Wildman–Crippen MR) is 117 cm³/mol. The minimum Gasteiger partial charge on any atom is -0.490 e. The molecule has 166 valence electrons. The molecule has 1 heterocycles. The molecule has 4 N–H and O–H groups in total. The maximum Gasteiger partial charge on any atom is 0.319 e. The number of carbonyl (C=O) groups is 1. The Morgan fingerprint density at radius 1 is 1.37 bits per heavy atom. The Morgan fingerprint density at radius 3 is 2.70 bits per heavy atom. The summed E-state index contributed by atoms with van der Waals surface area (Å²) in [5.74, 6) is 0.565. The molecule has 30 heavy (non-hydrogen) atoms. The molecule has 1 atom stereocenters. The number of hydrogen-bond acceptors (Lipinski definition) is 6. The fraction of sp³-hybridized carbons (Fsp3) is 0.636. The SMILES string of the molecule is Cc1noc2c(N(C(N)=O)C3CCCCC3)ccc(OCC(O)CNC(C)(C)C)c12. The van der Waals surface area contributed by atoms with Gasteiger partial charge >= 0.3 is 6.03 Å². The van der Waals surface area contributed by atoms with Crippen LogP contribution >= 0.6 is 0 Å². The van der Waals surface area contributed by atoms with E-state index < -0.39 is 12.1 Å². The average Bonchev–Trinajstić information content (AvgIpc) is 3.08. The first-order valence-electron chi connectivity index (χ1n) is 10.7. The largest absolute Gasteiger partial charge is 0.490 e.